The van der Waals surface area contributed by atoms with Crippen LogP contribution >= 0.6 is 11.6 Å². The molecule has 0 bridgehead atoms. The summed E-state index contributed by atoms with van der Waals surface area (Å²) in [5, 5.41) is 20.2. The summed E-state index contributed by atoms with van der Waals surface area (Å²) in [7, 11) is 0. The van der Waals surface area contributed by atoms with E-state index in [4.69, 9.17) is 16.7 Å². The summed E-state index contributed by atoms with van der Waals surface area (Å²) in [6.07, 6.45) is 0.403. The van der Waals surface area contributed by atoms with Crippen molar-refractivity contribution in [1.82, 2.24) is 20.2 Å². The maximum Gasteiger partial charge on any atom is 0.325 e. The SMILES string of the molecule is O=C(O)Cn1nnnc1Cc1ccccc1Cl. The first-order valence-electron chi connectivity index (χ1n) is 4.87. The second-order valence-corrected chi connectivity index (χ2v) is 3.82. The Bertz CT molecular complexity index is 541. The van der Waals surface area contributed by atoms with Crippen molar-refractivity contribution < 1.29 is 9.90 Å². The number of benzene rings is 1. The largest absolute Gasteiger partial charge is 0.480 e. The lowest BCUT2D eigenvalue weighted by atomic mass is 10.1. The maximum absolute atomic E-state index is 10.6. The first-order chi connectivity index (χ1) is 8.16. The Labute approximate surface area is 102 Å². The van der Waals surface area contributed by atoms with Crippen molar-refractivity contribution in [3.05, 3.63) is 40.7 Å². The molecule has 0 aliphatic heterocycles. The van der Waals surface area contributed by atoms with Crippen LogP contribution in [0.3, 0.4) is 0 Å². The fourth-order valence-electron chi connectivity index (χ4n) is 1.41. The molecule has 0 amide bonds. The summed E-state index contributed by atoms with van der Waals surface area (Å²) in [4.78, 5) is 10.6. The van der Waals surface area contributed by atoms with Crippen LogP contribution in [-0.4, -0.2) is 31.3 Å². The van der Waals surface area contributed by atoms with Gasteiger partial charge in [-0.25, -0.2) is 4.68 Å². The van der Waals surface area contributed by atoms with Crippen LogP contribution in [0.15, 0.2) is 24.3 Å². The number of carboxylic acid groups (broad SMARTS) is 1. The molecule has 1 aromatic heterocycles. The molecule has 6 nitrogen and oxygen atoms in total. The summed E-state index contributed by atoms with van der Waals surface area (Å²) in [5.41, 5.74) is 0.857. The molecule has 1 N–H and O–H groups in total. The molecule has 2 rings (SSSR count). The van der Waals surface area contributed by atoms with Gasteiger partial charge < -0.3 is 5.11 Å². The summed E-state index contributed by atoms with van der Waals surface area (Å²) in [6, 6.07) is 7.29. The molecular formula is C10H9ClN4O2. The number of tetrazole rings is 1. The molecule has 88 valence electrons. The third-order valence-electron chi connectivity index (χ3n) is 2.20. The first kappa shape index (κ1) is 11.5. The van der Waals surface area contributed by atoms with Gasteiger partial charge in [-0.3, -0.25) is 4.79 Å². The second kappa shape index (κ2) is 4.92. The van der Waals surface area contributed by atoms with Gasteiger partial charge in [-0.1, -0.05) is 29.8 Å². The van der Waals surface area contributed by atoms with Gasteiger partial charge in [-0.15, -0.1) is 5.10 Å². The number of aliphatic carboxylic acids is 1. The van der Waals surface area contributed by atoms with Crippen molar-refractivity contribution in [2.45, 2.75) is 13.0 Å². The van der Waals surface area contributed by atoms with E-state index in [1.54, 1.807) is 6.07 Å². The highest BCUT2D eigenvalue weighted by atomic mass is 35.5. The van der Waals surface area contributed by atoms with Gasteiger partial charge in [0.1, 0.15) is 6.54 Å². The molecule has 0 unspecified atom stereocenters. The van der Waals surface area contributed by atoms with Crippen LogP contribution in [0.5, 0.6) is 0 Å². The van der Waals surface area contributed by atoms with Gasteiger partial charge in [0.05, 0.1) is 0 Å². The van der Waals surface area contributed by atoms with Gasteiger partial charge in [0.25, 0.3) is 0 Å². The van der Waals surface area contributed by atoms with Gasteiger partial charge in [-0.2, -0.15) is 0 Å². The predicted octanol–water partition coefficient (Wildman–Crippen LogP) is 1.00. The zero-order valence-corrected chi connectivity index (χ0v) is 9.50. The Morgan fingerprint density at radius 2 is 2.18 bits per heavy atom. The number of hydrogen-bond acceptors (Lipinski definition) is 4. The zero-order chi connectivity index (χ0) is 12.3. The Morgan fingerprint density at radius 1 is 1.41 bits per heavy atom. The summed E-state index contributed by atoms with van der Waals surface area (Å²) < 4.78 is 1.24. The Morgan fingerprint density at radius 3 is 2.88 bits per heavy atom. The zero-order valence-electron chi connectivity index (χ0n) is 8.75. The van der Waals surface area contributed by atoms with E-state index in [0.717, 1.165) is 5.56 Å². The highest BCUT2D eigenvalue weighted by Crippen LogP contribution is 2.17. The number of halogens is 1. The second-order valence-electron chi connectivity index (χ2n) is 3.41. The van der Waals surface area contributed by atoms with Crippen LogP contribution in [0.2, 0.25) is 5.02 Å². The fraction of sp³-hybridized carbons (Fsp3) is 0.200. The van der Waals surface area contributed by atoms with Crippen molar-refractivity contribution >= 4 is 17.6 Å². The smallest absolute Gasteiger partial charge is 0.325 e. The van der Waals surface area contributed by atoms with Crippen molar-refractivity contribution in [3.63, 3.8) is 0 Å². The summed E-state index contributed by atoms with van der Waals surface area (Å²) in [5.74, 6) is -0.516. The van der Waals surface area contributed by atoms with Crippen molar-refractivity contribution in [3.8, 4) is 0 Å². The van der Waals surface area contributed by atoms with E-state index in [0.29, 0.717) is 17.3 Å². The van der Waals surface area contributed by atoms with Crippen molar-refractivity contribution in [2.24, 2.45) is 0 Å². The first-order valence-corrected chi connectivity index (χ1v) is 5.25. The van der Waals surface area contributed by atoms with E-state index in [1.165, 1.54) is 4.68 Å². The molecule has 0 saturated carbocycles. The Balaban J connectivity index is 2.22. The van der Waals surface area contributed by atoms with Crippen molar-refractivity contribution in [2.75, 3.05) is 0 Å². The minimum atomic E-state index is -0.988. The van der Waals surface area contributed by atoms with Crippen LogP contribution in [0.4, 0.5) is 0 Å². The molecule has 0 spiro atoms. The third kappa shape index (κ3) is 2.79. The normalized spacial score (nSPS) is 10.4. The van der Waals surface area contributed by atoms with E-state index in [1.807, 2.05) is 18.2 Å². The Hall–Kier alpha value is -1.95. The number of rotatable bonds is 4. The number of carboxylic acids is 1. The number of nitrogens with zero attached hydrogens (tertiary/aromatic N) is 4. The van der Waals surface area contributed by atoms with Crippen LogP contribution in [0, 0.1) is 0 Å². The summed E-state index contributed by atoms with van der Waals surface area (Å²) >= 11 is 6.01. The molecular weight excluding hydrogens is 244 g/mol. The average molecular weight is 253 g/mol. The van der Waals surface area contributed by atoms with Gasteiger partial charge in [0.15, 0.2) is 5.82 Å². The number of carbonyl (C=O) groups is 1. The lowest BCUT2D eigenvalue weighted by Crippen LogP contribution is -2.13. The van der Waals surface area contributed by atoms with Crippen LogP contribution < -0.4 is 0 Å². The van der Waals surface area contributed by atoms with E-state index in [9.17, 15) is 4.79 Å². The molecule has 0 atom stereocenters. The molecule has 0 aliphatic carbocycles. The predicted molar refractivity (Wildman–Crippen MR) is 59.7 cm³/mol. The van der Waals surface area contributed by atoms with Gasteiger partial charge in [0, 0.05) is 11.4 Å². The fourth-order valence-corrected chi connectivity index (χ4v) is 1.62. The molecule has 1 aromatic carbocycles. The molecule has 1 heterocycles. The molecule has 17 heavy (non-hydrogen) atoms. The maximum atomic E-state index is 10.6. The highest BCUT2D eigenvalue weighted by Gasteiger charge is 2.11. The molecule has 7 heteroatoms. The molecule has 0 radical (unpaired) electrons. The van der Waals surface area contributed by atoms with E-state index >= 15 is 0 Å². The van der Waals surface area contributed by atoms with E-state index in [2.05, 4.69) is 15.5 Å². The lowest BCUT2D eigenvalue weighted by Gasteiger charge is -2.03. The topological polar surface area (TPSA) is 80.9 Å². The molecule has 2 aromatic rings. The third-order valence-corrected chi connectivity index (χ3v) is 2.57. The van der Waals surface area contributed by atoms with Gasteiger partial charge >= 0.3 is 5.97 Å². The molecule has 0 fully saturated rings. The van der Waals surface area contributed by atoms with Crippen LogP contribution in [-0.2, 0) is 17.8 Å². The minimum Gasteiger partial charge on any atom is -0.480 e. The quantitative estimate of drug-likeness (QED) is 0.878. The van der Waals surface area contributed by atoms with E-state index in [-0.39, 0.29) is 6.54 Å². The lowest BCUT2D eigenvalue weighted by molar-refractivity contribution is -0.138. The monoisotopic (exact) mass is 252 g/mol. The van der Waals surface area contributed by atoms with Gasteiger partial charge in [0.2, 0.25) is 0 Å². The minimum absolute atomic E-state index is 0.257. The number of hydrogen-bond donors (Lipinski definition) is 1. The van der Waals surface area contributed by atoms with Crippen LogP contribution in [0.25, 0.3) is 0 Å². The number of aromatic nitrogens is 4. The molecule has 0 aliphatic rings. The van der Waals surface area contributed by atoms with Crippen molar-refractivity contribution in [1.29, 1.82) is 0 Å². The average Bonchev–Trinajstić information content (AvgIpc) is 2.68. The van der Waals surface area contributed by atoms with Crippen LogP contribution in [0.1, 0.15) is 11.4 Å². The summed E-state index contributed by atoms with van der Waals surface area (Å²) in [6.45, 7) is -0.257. The molecule has 0 saturated heterocycles. The highest BCUT2D eigenvalue weighted by molar-refractivity contribution is 6.31. The Kier molecular flexibility index (Phi) is 3.34. The van der Waals surface area contributed by atoms with Gasteiger partial charge in [-0.05, 0) is 22.1 Å². The van der Waals surface area contributed by atoms with E-state index < -0.39 is 5.97 Å². The standard InChI is InChI=1S/C10H9ClN4O2/c11-8-4-2-1-3-7(8)5-9-12-13-14-15(9)6-10(16)17/h1-4H,5-6H2,(H,16,17).